The second kappa shape index (κ2) is 6.47. The fourth-order valence-corrected chi connectivity index (χ4v) is 1.34. The van der Waals surface area contributed by atoms with Gasteiger partial charge in [0.2, 0.25) is 5.91 Å². The van der Waals surface area contributed by atoms with Crippen molar-refractivity contribution in [1.29, 1.82) is 0 Å². The first kappa shape index (κ1) is 14.6. The van der Waals surface area contributed by atoms with E-state index in [4.69, 9.17) is 5.11 Å². The molecule has 100 valence electrons. The van der Waals surface area contributed by atoms with Crippen molar-refractivity contribution in [3.63, 3.8) is 0 Å². The van der Waals surface area contributed by atoms with Crippen molar-refractivity contribution in [2.75, 3.05) is 25.0 Å². The molecule has 1 rings (SSSR count). The molecule has 0 aliphatic carbocycles. The van der Waals surface area contributed by atoms with Gasteiger partial charge in [-0.2, -0.15) is 0 Å². The molecule has 0 saturated carbocycles. The summed E-state index contributed by atoms with van der Waals surface area (Å²) in [7, 11) is 0. The Labute approximate surface area is 106 Å². The Kier molecular flexibility index (Phi) is 5.25. The maximum Gasteiger partial charge on any atom is 0.238 e. The summed E-state index contributed by atoms with van der Waals surface area (Å²) in [6, 6.07) is 5.74. The zero-order valence-corrected chi connectivity index (χ0v) is 10.7. The number of halogens is 1. The number of aliphatic hydroxyl groups is 1. The molecule has 0 spiro atoms. The van der Waals surface area contributed by atoms with Crippen LogP contribution in [0.15, 0.2) is 24.3 Å². The Bertz CT molecular complexity index is 408. The van der Waals surface area contributed by atoms with Crippen LogP contribution in [0.3, 0.4) is 0 Å². The Morgan fingerprint density at radius 1 is 1.44 bits per heavy atom. The van der Waals surface area contributed by atoms with Crippen LogP contribution in [0.4, 0.5) is 10.1 Å². The number of aliphatic hydroxyl groups excluding tert-OH is 1. The van der Waals surface area contributed by atoms with Crippen LogP contribution in [-0.2, 0) is 4.79 Å². The summed E-state index contributed by atoms with van der Waals surface area (Å²) in [5, 5.41) is 14.6. The first-order chi connectivity index (χ1) is 8.43. The monoisotopic (exact) mass is 254 g/mol. The van der Waals surface area contributed by atoms with Crippen molar-refractivity contribution < 1.29 is 14.3 Å². The van der Waals surface area contributed by atoms with Crippen molar-refractivity contribution in [2.24, 2.45) is 5.41 Å². The topological polar surface area (TPSA) is 61.4 Å². The van der Waals surface area contributed by atoms with Gasteiger partial charge >= 0.3 is 0 Å². The number of carbonyl (C=O) groups excluding carboxylic acids is 1. The van der Waals surface area contributed by atoms with Crippen molar-refractivity contribution in [2.45, 2.75) is 13.8 Å². The number of carbonyl (C=O) groups is 1. The summed E-state index contributed by atoms with van der Waals surface area (Å²) in [6.45, 7) is 4.49. The fraction of sp³-hybridized carbons (Fsp3) is 0.462. The maximum atomic E-state index is 12.9. The number of hydrogen-bond donors (Lipinski definition) is 3. The maximum absolute atomic E-state index is 12.9. The highest BCUT2D eigenvalue weighted by Crippen LogP contribution is 2.11. The lowest BCUT2D eigenvalue weighted by molar-refractivity contribution is -0.115. The summed E-state index contributed by atoms with van der Waals surface area (Å²) in [5.41, 5.74) is 0.169. The fourth-order valence-electron chi connectivity index (χ4n) is 1.34. The molecular formula is C13H19FN2O2. The standard InChI is InChI=1S/C13H19FN2O2/c1-13(2,9-17)8-15-7-12(18)16-11-5-3-4-10(14)6-11/h3-6,15,17H,7-9H2,1-2H3,(H,16,18). The largest absolute Gasteiger partial charge is 0.396 e. The van der Waals surface area contributed by atoms with Gasteiger partial charge in [0.05, 0.1) is 6.54 Å². The molecule has 0 radical (unpaired) electrons. The van der Waals surface area contributed by atoms with Gasteiger partial charge in [0.1, 0.15) is 5.82 Å². The van der Waals surface area contributed by atoms with Crippen LogP contribution in [0.1, 0.15) is 13.8 Å². The molecule has 0 aromatic heterocycles. The minimum absolute atomic E-state index is 0.0471. The molecule has 0 saturated heterocycles. The van der Waals surface area contributed by atoms with E-state index in [0.717, 1.165) is 0 Å². The van der Waals surface area contributed by atoms with Gasteiger partial charge in [-0.15, -0.1) is 0 Å². The molecule has 1 aromatic carbocycles. The van der Waals surface area contributed by atoms with Gasteiger partial charge in [0.25, 0.3) is 0 Å². The van der Waals surface area contributed by atoms with Gasteiger partial charge in [-0.05, 0) is 18.2 Å². The molecule has 5 heteroatoms. The molecule has 0 bridgehead atoms. The number of hydrogen-bond acceptors (Lipinski definition) is 3. The van der Waals surface area contributed by atoms with Crippen LogP contribution >= 0.6 is 0 Å². The van der Waals surface area contributed by atoms with E-state index in [1.165, 1.54) is 18.2 Å². The van der Waals surface area contributed by atoms with Gasteiger partial charge in [-0.1, -0.05) is 19.9 Å². The quantitative estimate of drug-likeness (QED) is 0.718. The van der Waals surface area contributed by atoms with Gasteiger partial charge in [0, 0.05) is 24.3 Å². The van der Waals surface area contributed by atoms with Crippen LogP contribution in [0, 0.1) is 11.2 Å². The molecule has 4 nitrogen and oxygen atoms in total. The third-order valence-corrected chi connectivity index (χ3v) is 2.43. The van der Waals surface area contributed by atoms with Crippen molar-refractivity contribution >= 4 is 11.6 Å². The Balaban J connectivity index is 2.34. The van der Waals surface area contributed by atoms with Crippen LogP contribution in [0.2, 0.25) is 0 Å². The molecule has 0 heterocycles. The van der Waals surface area contributed by atoms with Crippen molar-refractivity contribution in [3.8, 4) is 0 Å². The first-order valence-corrected chi connectivity index (χ1v) is 5.80. The van der Waals surface area contributed by atoms with Crippen LogP contribution in [0.5, 0.6) is 0 Å². The predicted octanol–water partition coefficient (Wildman–Crippen LogP) is 1.37. The summed E-state index contributed by atoms with van der Waals surface area (Å²) < 4.78 is 12.9. The number of benzene rings is 1. The molecule has 0 unspecified atom stereocenters. The molecule has 3 N–H and O–H groups in total. The number of amides is 1. The number of anilines is 1. The predicted molar refractivity (Wildman–Crippen MR) is 68.8 cm³/mol. The average molecular weight is 254 g/mol. The normalized spacial score (nSPS) is 11.3. The smallest absolute Gasteiger partial charge is 0.238 e. The van der Waals surface area contributed by atoms with Crippen molar-refractivity contribution in [1.82, 2.24) is 5.32 Å². The number of nitrogens with one attached hydrogen (secondary N) is 2. The van der Waals surface area contributed by atoms with E-state index in [1.807, 2.05) is 13.8 Å². The SMILES string of the molecule is CC(C)(CO)CNCC(=O)Nc1cccc(F)c1. The van der Waals surface area contributed by atoms with Crippen LogP contribution < -0.4 is 10.6 Å². The summed E-state index contributed by atoms with van der Waals surface area (Å²) in [5.74, 6) is -0.628. The van der Waals surface area contributed by atoms with E-state index in [2.05, 4.69) is 10.6 Å². The minimum atomic E-state index is -0.387. The van der Waals surface area contributed by atoms with Gasteiger partial charge in [0.15, 0.2) is 0 Å². The third-order valence-electron chi connectivity index (χ3n) is 2.43. The van der Waals surface area contributed by atoms with E-state index >= 15 is 0 Å². The van der Waals surface area contributed by atoms with E-state index in [-0.39, 0.29) is 30.3 Å². The van der Waals surface area contributed by atoms with Crippen molar-refractivity contribution in [3.05, 3.63) is 30.1 Å². The summed E-state index contributed by atoms with van der Waals surface area (Å²) in [4.78, 5) is 11.5. The van der Waals surface area contributed by atoms with Gasteiger partial charge < -0.3 is 15.7 Å². The zero-order chi connectivity index (χ0) is 13.6. The molecule has 0 atom stereocenters. The molecule has 0 aliphatic heterocycles. The number of rotatable bonds is 6. The lowest BCUT2D eigenvalue weighted by atomic mass is 9.95. The van der Waals surface area contributed by atoms with E-state index in [0.29, 0.717) is 12.2 Å². The van der Waals surface area contributed by atoms with Crippen LogP contribution in [-0.4, -0.2) is 30.7 Å². The lowest BCUT2D eigenvalue weighted by Gasteiger charge is -2.21. The molecule has 0 aliphatic rings. The highest BCUT2D eigenvalue weighted by molar-refractivity contribution is 5.92. The second-order valence-corrected chi connectivity index (χ2v) is 4.98. The Morgan fingerprint density at radius 3 is 2.78 bits per heavy atom. The molecule has 18 heavy (non-hydrogen) atoms. The average Bonchev–Trinajstić information content (AvgIpc) is 2.28. The molecular weight excluding hydrogens is 235 g/mol. The van der Waals surface area contributed by atoms with E-state index in [9.17, 15) is 9.18 Å². The van der Waals surface area contributed by atoms with E-state index in [1.54, 1.807) is 6.07 Å². The van der Waals surface area contributed by atoms with E-state index < -0.39 is 0 Å². The minimum Gasteiger partial charge on any atom is -0.396 e. The third kappa shape index (κ3) is 5.25. The Morgan fingerprint density at radius 2 is 2.17 bits per heavy atom. The highest BCUT2D eigenvalue weighted by Gasteiger charge is 2.16. The first-order valence-electron chi connectivity index (χ1n) is 5.80. The van der Waals surface area contributed by atoms with Gasteiger partial charge in [-0.3, -0.25) is 4.79 Å². The molecule has 1 aromatic rings. The second-order valence-electron chi connectivity index (χ2n) is 4.98. The Hall–Kier alpha value is -1.46. The highest BCUT2D eigenvalue weighted by atomic mass is 19.1. The van der Waals surface area contributed by atoms with Crippen LogP contribution in [0.25, 0.3) is 0 Å². The molecule has 0 fully saturated rings. The summed E-state index contributed by atoms with van der Waals surface area (Å²) >= 11 is 0. The zero-order valence-electron chi connectivity index (χ0n) is 10.7. The van der Waals surface area contributed by atoms with Gasteiger partial charge in [-0.25, -0.2) is 4.39 Å². The lowest BCUT2D eigenvalue weighted by Crippen LogP contribution is -2.36. The summed E-state index contributed by atoms with van der Waals surface area (Å²) in [6.07, 6.45) is 0. The molecule has 1 amide bonds.